The van der Waals surface area contributed by atoms with Crippen LogP contribution in [-0.4, -0.2) is 13.0 Å². The average Bonchev–Trinajstić information content (AvgIpc) is 2.15. The van der Waals surface area contributed by atoms with Gasteiger partial charge >= 0.3 is 0 Å². The second-order valence-corrected chi connectivity index (χ2v) is 3.18. The third-order valence-corrected chi connectivity index (χ3v) is 1.85. The van der Waals surface area contributed by atoms with Crippen LogP contribution in [-0.2, 0) is 0 Å². The highest BCUT2D eigenvalue weighted by molar-refractivity contribution is 5.30. The first-order valence-corrected chi connectivity index (χ1v) is 4.46. The summed E-state index contributed by atoms with van der Waals surface area (Å²) in [4.78, 5) is 0. The van der Waals surface area contributed by atoms with E-state index >= 15 is 0 Å². The third kappa shape index (κ3) is 3.43. The molecule has 2 N–H and O–H groups in total. The number of nitrogens with two attached hydrogens (primary N) is 1. The Labute approximate surface area is 85.8 Å². The first-order chi connectivity index (χ1) is 7.00. The molecule has 1 unspecified atom stereocenters. The number of hydrogen-bond donors (Lipinski definition) is 1. The number of halogens is 3. The van der Waals surface area contributed by atoms with E-state index in [1.54, 1.807) is 13.0 Å². The molecule has 0 fully saturated rings. The fraction of sp³-hybridized carbons (Fsp3) is 0.400. The topological polar surface area (TPSA) is 35.2 Å². The van der Waals surface area contributed by atoms with Crippen molar-refractivity contribution in [3.63, 3.8) is 0 Å². The lowest BCUT2D eigenvalue weighted by Gasteiger charge is -2.09. The molecule has 2 nitrogen and oxygen atoms in total. The standard InChI is InChI=1S/C10H12F3NO/c1-6(14)7-2-3-9(8(11)4-7)15-5-10(12)13/h2-4,6,10H,5,14H2,1H3. The number of hydrogen-bond acceptors (Lipinski definition) is 2. The van der Waals surface area contributed by atoms with Gasteiger partial charge in [0.05, 0.1) is 0 Å². The summed E-state index contributed by atoms with van der Waals surface area (Å²) in [6.07, 6.45) is -2.61. The molecule has 0 spiro atoms. The van der Waals surface area contributed by atoms with Crippen LogP contribution >= 0.6 is 0 Å². The molecule has 0 aliphatic rings. The van der Waals surface area contributed by atoms with E-state index in [0.717, 1.165) is 0 Å². The molecule has 0 saturated carbocycles. The molecule has 1 rings (SSSR count). The Hall–Kier alpha value is -1.23. The molecule has 1 aromatic carbocycles. The van der Waals surface area contributed by atoms with Gasteiger partial charge in [0.1, 0.15) is 6.61 Å². The number of benzene rings is 1. The minimum atomic E-state index is -2.61. The summed E-state index contributed by atoms with van der Waals surface area (Å²) >= 11 is 0. The van der Waals surface area contributed by atoms with E-state index in [0.29, 0.717) is 5.56 Å². The fourth-order valence-corrected chi connectivity index (χ4v) is 1.07. The van der Waals surface area contributed by atoms with E-state index in [9.17, 15) is 13.2 Å². The second-order valence-electron chi connectivity index (χ2n) is 3.18. The normalized spacial score (nSPS) is 12.9. The predicted molar refractivity (Wildman–Crippen MR) is 50.5 cm³/mol. The molecule has 15 heavy (non-hydrogen) atoms. The van der Waals surface area contributed by atoms with Crippen molar-refractivity contribution in [2.24, 2.45) is 5.73 Å². The van der Waals surface area contributed by atoms with Gasteiger partial charge in [-0.3, -0.25) is 0 Å². The summed E-state index contributed by atoms with van der Waals surface area (Å²) in [5.41, 5.74) is 6.12. The van der Waals surface area contributed by atoms with E-state index < -0.39 is 18.8 Å². The molecule has 0 heterocycles. The number of rotatable bonds is 4. The van der Waals surface area contributed by atoms with E-state index in [1.807, 2.05) is 0 Å². The van der Waals surface area contributed by atoms with Crippen LogP contribution in [0, 0.1) is 5.82 Å². The van der Waals surface area contributed by atoms with Crippen molar-refractivity contribution in [1.82, 2.24) is 0 Å². The van der Waals surface area contributed by atoms with Gasteiger partial charge in [-0.05, 0) is 24.6 Å². The molecule has 0 aromatic heterocycles. The van der Waals surface area contributed by atoms with Crippen LogP contribution in [0.2, 0.25) is 0 Å². The summed E-state index contributed by atoms with van der Waals surface area (Å²) in [5.74, 6) is -0.856. The van der Waals surface area contributed by atoms with Gasteiger partial charge in [0.25, 0.3) is 6.43 Å². The monoisotopic (exact) mass is 219 g/mol. The van der Waals surface area contributed by atoms with E-state index in [4.69, 9.17) is 5.73 Å². The maximum Gasteiger partial charge on any atom is 0.272 e. The Balaban J connectivity index is 2.75. The van der Waals surface area contributed by atoms with Gasteiger partial charge in [-0.1, -0.05) is 6.07 Å². The van der Waals surface area contributed by atoms with Gasteiger partial charge in [-0.25, -0.2) is 13.2 Å². The van der Waals surface area contributed by atoms with Gasteiger partial charge in [-0.15, -0.1) is 0 Å². The van der Waals surface area contributed by atoms with Gasteiger partial charge in [-0.2, -0.15) is 0 Å². The quantitative estimate of drug-likeness (QED) is 0.844. The largest absolute Gasteiger partial charge is 0.485 e. The maximum absolute atomic E-state index is 13.2. The van der Waals surface area contributed by atoms with Crippen LogP contribution in [0.1, 0.15) is 18.5 Å². The maximum atomic E-state index is 13.2. The van der Waals surface area contributed by atoms with Crippen LogP contribution in [0.4, 0.5) is 13.2 Å². The molecule has 1 aromatic rings. The van der Waals surface area contributed by atoms with Crippen LogP contribution < -0.4 is 10.5 Å². The zero-order chi connectivity index (χ0) is 11.4. The minimum absolute atomic E-state index is 0.181. The Morgan fingerprint density at radius 3 is 2.53 bits per heavy atom. The molecule has 5 heteroatoms. The summed E-state index contributed by atoms with van der Waals surface area (Å²) < 4.78 is 41.4. The highest BCUT2D eigenvalue weighted by Crippen LogP contribution is 2.21. The molecular formula is C10H12F3NO. The van der Waals surface area contributed by atoms with Crippen LogP contribution in [0.15, 0.2) is 18.2 Å². The Kier molecular flexibility index (Phi) is 3.96. The Bertz CT molecular complexity index is 328. The summed E-state index contributed by atoms with van der Waals surface area (Å²) in [5, 5.41) is 0. The molecule has 0 radical (unpaired) electrons. The van der Waals surface area contributed by atoms with Crippen molar-refractivity contribution in [3.8, 4) is 5.75 Å². The Morgan fingerprint density at radius 2 is 2.07 bits per heavy atom. The molecule has 0 saturated heterocycles. The van der Waals surface area contributed by atoms with Crippen LogP contribution in [0.5, 0.6) is 5.75 Å². The molecule has 0 aliphatic heterocycles. The first-order valence-electron chi connectivity index (χ1n) is 4.46. The highest BCUT2D eigenvalue weighted by Gasteiger charge is 2.09. The second kappa shape index (κ2) is 5.02. The molecule has 84 valence electrons. The fourth-order valence-electron chi connectivity index (χ4n) is 1.07. The van der Waals surface area contributed by atoms with Crippen molar-refractivity contribution in [1.29, 1.82) is 0 Å². The van der Waals surface area contributed by atoms with E-state index in [-0.39, 0.29) is 11.8 Å². The van der Waals surface area contributed by atoms with E-state index in [1.165, 1.54) is 12.1 Å². The van der Waals surface area contributed by atoms with Crippen LogP contribution in [0.25, 0.3) is 0 Å². The average molecular weight is 219 g/mol. The lowest BCUT2D eigenvalue weighted by atomic mass is 10.1. The molecular weight excluding hydrogens is 207 g/mol. The number of alkyl halides is 2. The predicted octanol–water partition coefficient (Wildman–Crippen LogP) is 2.49. The summed E-state index contributed by atoms with van der Waals surface area (Å²) in [6, 6.07) is 3.74. The van der Waals surface area contributed by atoms with Crippen LogP contribution in [0.3, 0.4) is 0 Å². The van der Waals surface area contributed by atoms with Gasteiger partial charge in [0.15, 0.2) is 11.6 Å². The Morgan fingerprint density at radius 1 is 1.40 bits per heavy atom. The minimum Gasteiger partial charge on any atom is -0.485 e. The van der Waals surface area contributed by atoms with Crippen molar-refractivity contribution in [3.05, 3.63) is 29.6 Å². The first kappa shape index (κ1) is 11.8. The number of ether oxygens (including phenoxy) is 1. The van der Waals surface area contributed by atoms with Gasteiger partial charge in [0, 0.05) is 6.04 Å². The zero-order valence-corrected chi connectivity index (χ0v) is 8.21. The lowest BCUT2D eigenvalue weighted by molar-refractivity contribution is 0.0799. The molecule has 0 bridgehead atoms. The van der Waals surface area contributed by atoms with Crippen molar-refractivity contribution < 1.29 is 17.9 Å². The molecule has 0 aliphatic carbocycles. The zero-order valence-electron chi connectivity index (χ0n) is 8.21. The summed E-state index contributed by atoms with van der Waals surface area (Å²) in [6.45, 7) is 0.892. The molecule has 1 atom stereocenters. The summed E-state index contributed by atoms with van der Waals surface area (Å²) in [7, 11) is 0. The SMILES string of the molecule is CC(N)c1ccc(OCC(F)F)c(F)c1. The van der Waals surface area contributed by atoms with Crippen molar-refractivity contribution in [2.75, 3.05) is 6.61 Å². The van der Waals surface area contributed by atoms with Crippen molar-refractivity contribution >= 4 is 0 Å². The van der Waals surface area contributed by atoms with E-state index in [2.05, 4.69) is 4.74 Å². The van der Waals surface area contributed by atoms with Gasteiger partial charge < -0.3 is 10.5 Å². The smallest absolute Gasteiger partial charge is 0.272 e. The molecule has 0 amide bonds. The van der Waals surface area contributed by atoms with Crippen molar-refractivity contribution in [2.45, 2.75) is 19.4 Å². The lowest BCUT2D eigenvalue weighted by Crippen LogP contribution is -2.09. The third-order valence-electron chi connectivity index (χ3n) is 1.85. The van der Waals surface area contributed by atoms with Gasteiger partial charge in [0.2, 0.25) is 0 Å². The highest BCUT2D eigenvalue weighted by atomic mass is 19.3.